The normalized spacial score (nSPS) is 18.4. The van der Waals surface area contributed by atoms with Gasteiger partial charge in [0.05, 0.1) is 12.3 Å². The van der Waals surface area contributed by atoms with Gasteiger partial charge in [-0.15, -0.1) is 0 Å². The number of nitrogens with zero attached hydrogens (tertiary/aromatic N) is 2. The summed E-state index contributed by atoms with van der Waals surface area (Å²) in [5.41, 5.74) is -0.651. The quantitative estimate of drug-likeness (QED) is 0.787. The Morgan fingerprint density at radius 1 is 1.47 bits per heavy atom. The Balaban J connectivity index is 2.20. The SMILES string of the molecule is CN(C(=O)c1ccco1)C1(C#N)CCCCC1. The highest BCUT2D eigenvalue weighted by Gasteiger charge is 2.39. The first-order chi connectivity index (χ1) is 8.19. The van der Waals surface area contributed by atoms with Crippen LogP contribution >= 0.6 is 0 Å². The van der Waals surface area contributed by atoms with Crippen LogP contribution in [-0.4, -0.2) is 23.4 Å². The molecule has 1 aliphatic rings. The smallest absolute Gasteiger partial charge is 0.290 e. The fourth-order valence-electron chi connectivity index (χ4n) is 2.42. The molecule has 90 valence electrons. The number of hydrogen-bond donors (Lipinski definition) is 0. The molecule has 0 aromatic carbocycles. The fraction of sp³-hybridized carbons (Fsp3) is 0.538. The summed E-state index contributed by atoms with van der Waals surface area (Å²) in [7, 11) is 1.69. The molecule has 1 aromatic rings. The molecule has 0 N–H and O–H groups in total. The molecule has 1 aromatic heterocycles. The van der Waals surface area contributed by atoms with Gasteiger partial charge in [-0.3, -0.25) is 4.79 Å². The number of carbonyl (C=O) groups is 1. The lowest BCUT2D eigenvalue weighted by Crippen LogP contribution is -2.49. The first-order valence-corrected chi connectivity index (χ1v) is 5.92. The van der Waals surface area contributed by atoms with Gasteiger partial charge in [-0.05, 0) is 25.0 Å². The number of hydrogen-bond acceptors (Lipinski definition) is 3. The molecule has 1 saturated carbocycles. The Labute approximate surface area is 101 Å². The van der Waals surface area contributed by atoms with E-state index in [0.29, 0.717) is 5.76 Å². The lowest BCUT2D eigenvalue weighted by molar-refractivity contribution is 0.0557. The minimum absolute atomic E-state index is 0.210. The number of nitriles is 1. The standard InChI is InChI=1S/C13H16N2O2/c1-15(12(16)11-6-5-9-17-11)13(10-14)7-3-2-4-8-13/h5-6,9H,2-4,7-8H2,1H3. The van der Waals surface area contributed by atoms with Crippen LogP contribution in [-0.2, 0) is 0 Å². The molecule has 0 unspecified atom stereocenters. The van der Waals surface area contributed by atoms with Gasteiger partial charge in [0.2, 0.25) is 0 Å². The molecule has 0 bridgehead atoms. The lowest BCUT2D eigenvalue weighted by Gasteiger charge is -2.38. The largest absolute Gasteiger partial charge is 0.459 e. The van der Waals surface area contributed by atoms with Crippen LogP contribution in [0.15, 0.2) is 22.8 Å². The predicted octanol–water partition coefficient (Wildman–Crippen LogP) is 2.58. The second-order valence-corrected chi connectivity index (χ2v) is 4.55. The topological polar surface area (TPSA) is 57.2 Å². The highest BCUT2D eigenvalue weighted by Crippen LogP contribution is 2.33. The second kappa shape index (κ2) is 4.62. The van der Waals surface area contributed by atoms with Crippen molar-refractivity contribution in [1.29, 1.82) is 5.26 Å². The van der Waals surface area contributed by atoms with Crippen molar-refractivity contribution in [2.75, 3.05) is 7.05 Å². The van der Waals surface area contributed by atoms with Crippen LogP contribution in [0.25, 0.3) is 0 Å². The molecule has 2 rings (SSSR count). The zero-order chi connectivity index (χ0) is 12.3. The van der Waals surface area contributed by atoms with Gasteiger partial charge in [0.25, 0.3) is 5.91 Å². The van der Waals surface area contributed by atoms with Gasteiger partial charge in [-0.2, -0.15) is 5.26 Å². The van der Waals surface area contributed by atoms with E-state index in [-0.39, 0.29) is 5.91 Å². The molecular weight excluding hydrogens is 216 g/mol. The van der Waals surface area contributed by atoms with Crippen molar-refractivity contribution in [1.82, 2.24) is 4.90 Å². The van der Waals surface area contributed by atoms with Crippen molar-refractivity contribution >= 4 is 5.91 Å². The third-order valence-electron chi connectivity index (χ3n) is 3.57. The highest BCUT2D eigenvalue weighted by molar-refractivity contribution is 5.92. The van der Waals surface area contributed by atoms with Crippen molar-refractivity contribution in [3.63, 3.8) is 0 Å². The number of rotatable bonds is 2. The van der Waals surface area contributed by atoms with Crippen molar-refractivity contribution in [3.05, 3.63) is 24.2 Å². The van der Waals surface area contributed by atoms with E-state index in [2.05, 4.69) is 6.07 Å². The molecule has 1 amide bonds. The average molecular weight is 232 g/mol. The average Bonchev–Trinajstić information content (AvgIpc) is 2.91. The van der Waals surface area contributed by atoms with Crippen LogP contribution in [0, 0.1) is 11.3 Å². The van der Waals surface area contributed by atoms with Crippen LogP contribution in [0.1, 0.15) is 42.7 Å². The number of carbonyl (C=O) groups excluding carboxylic acids is 1. The minimum Gasteiger partial charge on any atom is -0.459 e. The molecule has 4 nitrogen and oxygen atoms in total. The van der Waals surface area contributed by atoms with E-state index in [4.69, 9.17) is 4.42 Å². The summed E-state index contributed by atoms with van der Waals surface area (Å²) < 4.78 is 5.10. The molecular formula is C13H16N2O2. The first-order valence-electron chi connectivity index (χ1n) is 5.92. The molecule has 4 heteroatoms. The van der Waals surface area contributed by atoms with Crippen LogP contribution in [0.2, 0.25) is 0 Å². The number of furan rings is 1. The van der Waals surface area contributed by atoms with E-state index in [9.17, 15) is 10.1 Å². The Morgan fingerprint density at radius 3 is 2.71 bits per heavy atom. The molecule has 17 heavy (non-hydrogen) atoms. The third-order valence-corrected chi connectivity index (χ3v) is 3.57. The predicted molar refractivity (Wildman–Crippen MR) is 62.2 cm³/mol. The highest BCUT2D eigenvalue weighted by atomic mass is 16.3. The Hall–Kier alpha value is -1.76. The summed E-state index contributed by atoms with van der Waals surface area (Å²) >= 11 is 0. The van der Waals surface area contributed by atoms with E-state index in [1.165, 1.54) is 6.26 Å². The van der Waals surface area contributed by atoms with E-state index in [0.717, 1.165) is 32.1 Å². The first kappa shape index (κ1) is 11.7. The van der Waals surface area contributed by atoms with Crippen molar-refractivity contribution in [3.8, 4) is 6.07 Å². The minimum atomic E-state index is -0.651. The molecule has 1 fully saturated rings. The van der Waals surface area contributed by atoms with Crippen LogP contribution in [0.5, 0.6) is 0 Å². The number of amides is 1. The van der Waals surface area contributed by atoms with Gasteiger partial charge in [-0.1, -0.05) is 19.3 Å². The molecule has 0 spiro atoms. The van der Waals surface area contributed by atoms with E-state index in [1.807, 2.05) is 0 Å². The van der Waals surface area contributed by atoms with Gasteiger partial charge < -0.3 is 9.32 Å². The van der Waals surface area contributed by atoms with E-state index >= 15 is 0 Å². The molecule has 0 radical (unpaired) electrons. The second-order valence-electron chi connectivity index (χ2n) is 4.55. The molecule has 0 aliphatic heterocycles. The zero-order valence-corrected chi connectivity index (χ0v) is 9.98. The summed E-state index contributed by atoms with van der Waals surface area (Å²) in [4.78, 5) is 13.7. The summed E-state index contributed by atoms with van der Waals surface area (Å²) in [6, 6.07) is 5.64. The van der Waals surface area contributed by atoms with E-state index in [1.54, 1.807) is 24.1 Å². The van der Waals surface area contributed by atoms with Gasteiger partial charge in [0, 0.05) is 7.05 Å². The Morgan fingerprint density at radius 2 is 2.18 bits per heavy atom. The molecule has 1 aliphatic carbocycles. The molecule has 0 atom stereocenters. The maximum absolute atomic E-state index is 12.2. The molecule has 0 saturated heterocycles. The maximum Gasteiger partial charge on any atom is 0.290 e. The monoisotopic (exact) mass is 232 g/mol. The third kappa shape index (κ3) is 2.05. The zero-order valence-electron chi connectivity index (χ0n) is 9.98. The summed E-state index contributed by atoms with van der Waals surface area (Å²) in [5, 5.41) is 9.38. The van der Waals surface area contributed by atoms with Gasteiger partial charge in [-0.25, -0.2) is 0 Å². The van der Waals surface area contributed by atoms with Crippen molar-refractivity contribution < 1.29 is 9.21 Å². The van der Waals surface area contributed by atoms with Gasteiger partial charge >= 0.3 is 0 Å². The lowest BCUT2D eigenvalue weighted by atomic mass is 9.81. The fourth-order valence-corrected chi connectivity index (χ4v) is 2.42. The summed E-state index contributed by atoms with van der Waals surface area (Å²) in [6.07, 6.45) is 6.14. The maximum atomic E-state index is 12.2. The molecule has 1 heterocycles. The Bertz CT molecular complexity index is 425. The van der Waals surface area contributed by atoms with Crippen molar-refractivity contribution in [2.45, 2.75) is 37.6 Å². The van der Waals surface area contributed by atoms with Gasteiger partial charge in [0.15, 0.2) is 5.76 Å². The van der Waals surface area contributed by atoms with Crippen LogP contribution < -0.4 is 0 Å². The Kier molecular flexibility index (Phi) is 3.19. The summed E-state index contributed by atoms with van der Waals surface area (Å²) in [5.74, 6) is 0.0890. The van der Waals surface area contributed by atoms with Crippen LogP contribution in [0.3, 0.4) is 0 Å². The van der Waals surface area contributed by atoms with Crippen LogP contribution in [0.4, 0.5) is 0 Å². The van der Waals surface area contributed by atoms with Gasteiger partial charge in [0.1, 0.15) is 5.54 Å². The van der Waals surface area contributed by atoms with Crippen molar-refractivity contribution in [2.24, 2.45) is 0 Å². The van der Waals surface area contributed by atoms with E-state index < -0.39 is 5.54 Å². The summed E-state index contributed by atoms with van der Waals surface area (Å²) in [6.45, 7) is 0.